The van der Waals surface area contributed by atoms with Crippen LogP contribution < -0.4 is 16.0 Å². The summed E-state index contributed by atoms with van der Waals surface area (Å²) < 4.78 is 4.75. The van der Waals surface area contributed by atoms with Gasteiger partial charge in [-0.15, -0.1) is 0 Å². The molecule has 0 aliphatic carbocycles. The molecule has 30 heavy (non-hydrogen) atoms. The van der Waals surface area contributed by atoms with Crippen molar-refractivity contribution in [2.75, 3.05) is 18.2 Å². The molecule has 2 aliphatic rings. The molecule has 0 saturated carbocycles. The second-order valence-electron chi connectivity index (χ2n) is 7.68. The lowest BCUT2D eigenvalue weighted by atomic mass is 10.0. The Balaban J connectivity index is 1.24. The Morgan fingerprint density at radius 2 is 1.93 bits per heavy atom. The van der Waals surface area contributed by atoms with Crippen LogP contribution in [0.25, 0.3) is 10.8 Å². The maximum absolute atomic E-state index is 12.3. The molecule has 3 N–H and O–H groups in total. The minimum Gasteiger partial charge on any atom is -0.465 e. The highest BCUT2D eigenvalue weighted by Crippen LogP contribution is 2.33. The number of thioether (sulfide) groups is 1. The molecular formula is C22H25N3O4S. The number of hydrogen-bond donors (Lipinski definition) is 3. The lowest BCUT2D eigenvalue weighted by Crippen LogP contribution is -2.36. The van der Waals surface area contributed by atoms with Gasteiger partial charge in [0.2, 0.25) is 5.91 Å². The number of methoxy groups -OCH3 is 1. The number of nitrogens with one attached hydrogen (secondary N) is 3. The Bertz CT molecular complexity index is 980. The van der Waals surface area contributed by atoms with Crippen molar-refractivity contribution in [1.82, 2.24) is 10.6 Å². The van der Waals surface area contributed by atoms with Crippen LogP contribution in [0.15, 0.2) is 36.4 Å². The van der Waals surface area contributed by atoms with E-state index in [0.29, 0.717) is 17.2 Å². The number of anilines is 1. The number of benzene rings is 2. The number of ether oxygens (including phenoxy) is 1. The fraction of sp³-hybridized carbons (Fsp3) is 0.409. The second-order valence-corrected chi connectivity index (χ2v) is 8.96. The van der Waals surface area contributed by atoms with Crippen molar-refractivity contribution in [3.05, 3.63) is 42.0 Å². The average Bonchev–Trinajstić information content (AvgIpc) is 3.29. The van der Waals surface area contributed by atoms with Crippen LogP contribution in [0.4, 0.5) is 10.5 Å². The molecule has 8 heteroatoms. The standard InChI is InChI=1S/C22H25N3O4S/c1-29-21(27)15-7-6-14-11-16(9-8-13(14)10-15)23-19(26)5-3-2-4-18-20-17(12-30-18)24-22(28)25-20/h6-11,17-18,20H,2-5,12H2,1H3,(H,23,26)(H2,24,25,28)/t17-,18-,20-/m0/s1. The van der Waals surface area contributed by atoms with Crippen LogP contribution in [0.5, 0.6) is 0 Å². The number of unbranched alkanes of at least 4 members (excludes halogenated alkanes) is 1. The molecule has 0 radical (unpaired) electrons. The van der Waals surface area contributed by atoms with Crippen LogP contribution >= 0.6 is 11.8 Å². The van der Waals surface area contributed by atoms with Crippen LogP contribution in [0.3, 0.4) is 0 Å². The molecular weight excluding hydrogens is 402 g/mol. The number of carbonyl (C=O) groups is 3. The summed E-state index contributed by atoms with van der Waals surface area (Å²) in [7, 11) is 1.36. The van der Waals surface area contributed by atoms with Crippen molar-refractivity contribution >= 4 is 46.1 Å². The summed E-state index contributed by atoms with van der Waals surface area (Å²) in [6.45, 7) is 0. The van der Waals surface area contributed by atoms with Crippen LogP contribution in [-0.2, 0) is 9.53 Å². The second kappa shape index (κ2) is 8.95. The zero-order valence-electron chi connectivity index (χ0n) is 16.8. The van der Waals surface area contributed by atoms with Gasteiger partial charge in [0.1, 0.15) is 0 Å². The van der Waals surface area contributed by atoms with E-state index in [0.717, 1.165) is 41.5 Å². The molecule has 2 heterocycles. The van der Waals surface area contributed by atoms with E-state index in [9.17, 15) is 14.4 Å². The van der Waals surface area contributed by atoms with E-state index in [1.807, 2.05) is 36.0 Å². The summed E-state index contributed by atoms with van der Waals surface area (Å²) in [5.41, 5.74) is 1.24. The molecule has 3 amide bonds. The Kier molecular flexibility index (Phi) is 6.13. The first kappa shape index (κ1) is 20.5. The maximum atomic E-state index is 12.3. The third-order valence-corrected chi connectivity index (χ3v) is 7.13. The fourth-order valence-corrected chi connectivity index (χ4v) is 5.61. The average molecular weight is 428 g/mol. The number of fused-ring (bicyclic) bond motifs is 2. The smallest absolute Gasteiger partial charge is 0.337 e. The molecule has 158 valence electrons. The molecule has 2 aromatic carbocycles. The highest BCUT2D eigenvalue weighted by Gasteiger charge is 2.42. The predicted molar refractivity (Wildman–Crippen MR) is 118 cm³/mol. The molecule has 3 atom stereocenters. The van der Waals surface area contributed by atoms with Gasteiger partial charge in [0.25, 0.3) is 0 Å². The van der Waals surface area contributed by atoms with Gasteiger partial charge in [0, 0.05) is 23.1 Å². The monoisotopic (exact) mass is 427 g/mol. The maximum Gasteiger partial charge on any atom is 0.337 e. The van der Waals surface area contributed by atoms with Crippen LogP contribution in [0.2, 0.25) is 0 Å². The molecule has 4 rings (SSSR count). The number of hydrogen-bond acceptors (Lipinski definition) is 5. The van der Waals surface area contributed by atoms with Gasteiger partial charge in [-0.25, -0.2) is 9.59 Å². The largest absolute Gasteiger partial charge is 0.465 e. The summed E-state index contributed by atoms with van der Waals surface area (Å²) >= 11 is 1.90. The number of carbonyl (C=O) groups excluding carboxylic acids is 3. The van der Waals surface area contributed by atoms with Gasteiger partial charge in [0.15, 0.2) is 0 Å². The Morgan fingerprint density at radius 1 is 1.13 bits per heavy atom. The van der Waals surface area contributed by atoms with Crippen molar-refractivity contribution in [1.29, 1.82) is 0 Å². The van der Waals surface area contributed by atoms with Gasteiger partial charge in [-0.3, -0.25) is 4.79 Å². The lowest BCUT2D eigenvalue weighted by molar-refractivity contribution is -0.116. The Labute approximate surface area is 179 Å². The third kappa shape index (κ3) is 4.53. The van der Waals surface area contributed by atoms with Crippen molar-refractivity contribution < 1.29 is 19.1 Å². The number of amides is 3. The first-order chi connectivity index (χ1) is 14.5. The first-order valence-electron chi connectivity index (χ1n) is 10.1. The number of esters is 1. The fourth-order valence-electron chi connectivity index (χ4n) is 4.07. The van der Waals surface area contributed by atoms with E-state index in [1.54, 1.807) is 12.1 Å². The first-order valence-corrected chi connectivity index (χ1v) is 11.2. The summed E-state index contributed by atoms with van der Waals surface area (Å²) in [5.74, 6) is 0.582. The van der Waals surface area contributed by atoms with Crippen LogP contribution in [-0.4, -0.2) is 48.1 Å². The zero-order chi connectivity index (χ0) is 21.1. The van der Waals surface area contributed by atoms with E-state index < -0.39 is 0 Å². The van der Waals surface area contributed by atoms with Gasteiger partial charge in [0.05, 0.1) is 24.8 Å². The molecule has 2 fully saturated rings. The summed E-state index contributed by atoms with van der Waals surface area (Å²) in [4.78, 5) is 35.4. The topological polar surface area (TPSA) is 96.5 Å². The van der Waals surface area contributed by atoms with Gasteiger partial charge >= 0.3 is 12.0 Å². The lowest BCUT2D eigenvalue weighted by Gasteiger charge is -2.16. The molecule has 2 saturated heterocycles. The normalized spacial score (nSPS) is 22.3. The number of rotatable bonds is 7. The Hall–Kier alpha value is -2.74. The minimum absolute atomic E-state index is 0.00619. The molecule has 0 bridgehead atoms. The van der Waals surface area contributed by atoms with E-state index in [4.69, 9.17) is 4.74 Å². The summed E-state index contributed by atoms with van der Waals surface area (Å²) in [5, 5.41) is 11.2. The van der Waals surface area contributed by atoms with E-state index in [1.165, 1.54) is 7.11 Å². The van der Waals surface area contributed by atoms with Crippen molar-refractivity contribution in [2.24, 2.45) is 0 Å². The van der Waals surface area contributed by atoms with Crippen molar-refractivity contribution in [2.45, 2.75) is 43.0 Å². The van der Waals surface area contributed by atoms with Gasteiger partial charge in [-0.2, -0.15) is 11.8 Å². The van der Waals surface area contributed by atoms with Crippen LogP contribution in [0, 0.1) is 0 Å². The predicted octanol–water partition coefficient (Wildman–Crippen LogP) is 3.29. The molecule has 0 aromatic heterocycles. The molecule has 2 aromatic rings. The van der Waals surface area contributed by atoms with Gasteiger partial charge in [-0.05, 0) is 47.9 Å². The SMILES string of the molecule is COC(=O)c1ccc2cc(NC(=O)CCCC[C@@H]3SC[C@@H]4NC(=O)N[C@@H]43)ccc2c1. The van der Waals surface area contributed by atoms with E-state index in [2.05, 4.69) is 16.0 Å². The highest BCUT2D eigenvalue weighted by atomic mass is 32.2. The van der Waals surface area contributed by atoms with Gasteiger partial charge in [-0.1, -0.05) is 18.6 Å². The molecule has 7 nitrogen and oxygen atoms in total. The Morgan fingerprint density at radius 3 is 2.77 bits per heavy atom. The third-order valence-electron chi connectivity index (χ3n) is 5.63. The highest BCUT2D eigenvalue weighted by molar-refractivity contribution is 8.00. The minimum atomic E-state index is -0.368. The number of urea groups is 1. The van der Waals surface area contributed by atoms with Crippen molar-refractivity contribution in [3.63, 3.8) is 0 Å². The van der Waals surface area contributed by atoms with E-state index in [-0.39, 0.29) is 30.0 Å². The quantitative estimate of drug-likeness (QED) is 0.358. The zero-order valence-corrected chi connectivity index (χ0v) is 17.6. The molecule has 0 spiro atoms. The summed E-state index contributed by atoms with van der Waals surface area (Å²) in [6, 6.07) is 11.4. The molecule has 2 aliphatic heterocycles. The molecule has 0 unspecified atom stereocenters. The van der Waals surface area contributed by atoms with Crippen molar-refractivity contribution in [3.8, 4) is 0 Å². The van der Waals surface area contributed by atoms with Gasteiger partial charge < -0.3 is 20.7 Å². The van der Waals surface area contributed by atoms with E-state index >= 15 is 0 Å². The summed E-state index contributed by atoms with van der Waals surface area (Å²) in [6.07, 6.45) is 3.24. The van der Waals surface area contributed by atoms with Crippen LogP contribution in [0.1, 0.15) is 36.0 Å².